The average Bonchev–Trinajstić information content (AvgIpc) is 2.95. The zero-order valence-corrected chi connectivity index (χ0v) is 12.4. The van der Waals surface area contributed by atoms with Crippen LogP contribution in [-0.4, -0.2) is 9.55 Å². The van der Waals surface area contributed by atoms with Crippen molar-refractivity contribution in [3.8, 4) is 0 Å². The van der Waals surface area contributed by atoms with Gasteiger partial charge in [-0.15, -0.1) is 0 Å². The summed E-state index contributed by atoms with van der Waals surface area (Å²) in [5.74, 6) is -1.85. The van der Waals surface area contributed by atoms with Crippen molar-refractivity contribution in [3.05, 3.63) is 75.6 Å². The molecule has 1 aliphatic rings. The standard InChI is InChI=1S/C18H11F3N2O/c19-12-2-4-16-13(9-12)18(24)23-6-5-11(17(23)22-16)7-10-1-3-14(20)15(21)8-10/h1-4,7-9H,5-6H2/b11-7+. The number of benzene rings is 2. The van der Waals surface area contributed by atoms with E-state index < -0.39 is 17.5 Å². The average molecular weight is 328 g/mol. The fraction of sp³-hybridized carbons (Fsp3) is 0.111. The van der Waals surface area contributed by atoms with Crippen LogP contribution in [0.5, 0.6) is 0 Å². The summed E-state index contributed by atoms with van der Waals surface area (Å²) in [5.41, 5.74) is 1.35. The Morgan fingerprint density at radius 2 is 1.88 bits per heavy atom. The molecule has 24 heavy (non-hydrogen) atoms. The lowest BCUT2D eigenvalue weighted by molar-refractivity contribution is 0.508. The Labute approximate surface area is 134 Å². The Kier molecular flexibility index (Phi) is 3.26. The minimum absolute atomic E-state index is 0.229. The van der Waals surface area contributed by atoms with E-state index in [2.05, 4.69) is 4.98 Å². The first-order valence-corrected chi connectivity index (χ1v) is 7.39. The van der Waals surface area contributed by atoms with Crippen LogP contribution in [-0.2, 0) is 6.54 Å². The number of rotatable bonds is 1. The third-order valence-corrected chi connectivity index (χ3v) is 4.09. The Hall–Kier alpha value is -2.89. The van der Waals surface area contributed by atoms with E-state index in [1.165, 1.54) is 28.8 Å². The molecule has 6 heteroatoms. The topological polar surface area (TPSA) is 34.9 Å². The van der Waals surface area contributed by atoms with Gasteiger partial charge in [-0.1, -0.05) is 6.07 Å². The van der Waals surface area contributed by atoms with Crippen LogP contribution < -0.4 is 5.56 Å². The van der Waals surface area contributed by atoms with Gasteiger partial charge in [-0.05, 0) is 54.0 Å². The van der Waals surface area contributed by atoms with Gasteiger partial charge in [-0.25, -0.2) is 18.2 Å². The van der Waals surface area contributed by atoms with E-state index in [-0.39, 0.29) is 10.9 Å². The van der Waals surface area contributed by atoms with Crippen molar-refractivity contribution >= 4 is 22.6 Å². The molecule has 4 rings (SSSR count). The highest BCUT2D eigenvalue weighted by atomic mass is 19.2. The molecule has 1 aromatic heterocycles. The van der Waals surface area contributed by atoms with Gasteiger partial charge in [0.2, 0.25) is 0 Å². The molecule has 0 amide bonds. The van der Waals surface area contributed by atoms with Gasteiger partial charge in [0.15, 0.2) is 11.6 Å². The van der Waals surface area contributed by atoms with Crippen molar-refractivity contribution in [1.29, 1.82) is 0 Å². The Morgan fingerprint density at radius 3 is 2.67 bits per heavy atom. The molecule has 0 aliphatic carbocycles. The molecule has 0 bridgehead atoms. The van der Waals surface area contributed by atoms with Crippen molar-refractivity contribution in [3.63, 3.8) is 0 Å². The molecular formula is C18H11F3N2O. The number of nitrogens with zero attached hydrogens (tertiary/aromatic N) is 2. The quantitative estimate of drug-likeness (QED) is 0.682. The first kappa shape index (κ1) is 14.7. The molecule has 120 valence electrons. The molecule has 0 fully saturated rings. The van der Waals surface area contributed by atoms with Crippen LogP contribution >= 0.6 is 0 Å². The Morgan fingerprint density at radius 1 is 1.04 bits per heavy atom. The van der Waals surface area contributed by atoms with Gasteiger partial charge in [-0.3, -0.25) is 9.36 Å². The summed E-state index contributed by atoms with van der Waals surface area (Å²) in [4.78, 5) is 16.9. The Balaban J connectivity index is 1.88. The largest absolute Gasteiger partial charge is 0.292 e. The van der Waals surface area contributed by atoms with Gasteiger partial charge in [0.1, 0.15) is 11.6 Å². The van der Waals surface area contributed by atoms with Gasteiger partial charge >= 0.3 is 0 Å². The predicted octanol–water partition coefficient (Wildman–Crippen LogP) is 3.76. The molecule has 2 aromatic carbocycles. The van der Waals surface area contributed by atoms with E-state index in [0.29, 0.717) is 29.9 Å². The van der Waals surface area contributed by atoms with Crippen LogP contribution in [0.1, 0.15) is 17.8 Å². The maximum Gasteiger partial charge on any atom is 0.261 e. The minimum Gasteiger partial charge on any atom is -0.292 e. The van der Waals surface area contributed by atoms with Crippen LogP contribution in [0.3, 0.4) is 0 Å². The number of aromatic nitrogens is 2. The van der Waals surface area contributed by atoms with E-state index in [1.54, 1.807) is 6.08 Å². The molecule has 0 radical (unpaired) electrons. The number of hydrogen-bond acceptors (Lipinski definition) is 2. The van der Waals surface area contributed by atoms with Crippen LogP contribution in [0.2, 0.25) is 0 Å². The van der Waals surface area contributed by atoms with Crippen LogP contribution in [0.25, 0.3) is 22.6 Å². The summed E-state index contributed by atoms with van der Waals surface area (Å²) in [5, 5.41) is 0.229. The van der Waals surface area contributed by atoms with E-state index >= 15 is 0 Å². The maximum atomic E-state index is 13.3. The lowest BCUT2D eigenvalue weighted by Crippen LogP contribution is -2.20. The number of halogens is 3. The van der Waals surface area contributed by atoms with Crippen LogP contribution in [0.4, 0.5) is 13.2 Å². The summed E-state index contributed by atoms with van der Waals surface area (Å²) in [6.45, 7) is 0.420. The highest BCUT2D eigenvalue weighted by molar-refractivity contribution is 5.84. The second kappa shape index (κ2) is 5.33. The first-order valence-electron chi connectivity index (χ1n) is 7.39. The second-order valence-electron chi connectivity index (χ2n) is 5.65. The van der Waals surface area contributed by atoms with Gasteiger partial charge in [0, 0.05) is 6.54 Å². The SMILES string of the molecule is O=c1c2cc(F)ccc2nc2n1CC/C2=C\c1ccc(F)c(F)c1. The molecule has 2 heterocycles. The second-order valence-corrected chi connectivity index (χ2v) is 5.65. The monoisotopic (exact) mass is 328 g/mol. The van der Waals surface area contributed by atoms with Gasteiger partial charge in [-0.2, -0.15) is 0 Å². The van der Waals surface area contributed by atoms with Crippen LogP contribution in [0, 0.1) is 17.5 Å². The van der Waals surface area contributed by atoms with E-state index in [4.69, 9.17) is 0 Å². The maximum absolute atomic E-state index is 13.3. The zero-order valence-electron chi connectivity index (χ0n) is 12.4. The van der Waals surface area contributed by atoms with E-state index in [1.807, 2.05) is 0 Å². The number of allylic oxidation sites excluding steroid dienone is 1. The molecule has 0 spiro atoms. The van der Waals surface area contributed by atoms with Gasteiger partial charge < -0.3 is 0 Å². The van der Waals surface area contributed by atoms with Crippen molar-refractivity contribution in [2.45, 2.75) is 13.0 Å². The summed E-state index contributed by atoms with van der Waals surface area (Å²) in [6, 6.07) is 7.50. The normalized spacial score (nSPS) is 15.2. The highest BCUT2D eigenvalue weighted by Crippen LogP contribution is 2.27. The number of hydrogen-bond donors (Lipinski definition) is 0. The van der Waals surface area contributed by atoms with E-state index in [9.17, 15) is 18.0 Å². The molecule has 0 saturated heterocycles. The highest BCUT2D eigenvalue weighted by Gasteiger charge is 2.21. The molecule has 3 nitrogen and oxygen atoms in total. The summed E-state index contributed by atoms with van der Waals surface area (Å²) >= 11 is 0. The number of fused-ring (bicyclic) bond motifs is 2. The Bertz CT molecular complexity index is 1070. The predicted molar refractivity (Wildman–Crippen MR) is 84.8 cm³/mol. The lowest BCUT2D eigenvalue weighted by atomic mass is 10.1. The summed E-state index contributed by atoms with van der Waals surface area (Å²) in [6.07, 6.45) is 2.23. The fourth-order valence-corrected chi connectivity index (χ4v) is 2.93. The molecule has 0 saturated carbocycles. The minimum atomic E-state index is -0.929. The fourth-order valence-electron chi connectivity index (χ4n) is 2.93. The molecular weight excluding hydrogens is 317 g/mol. The molecule has 3 aromatic rings. The zero-order chi connectivity index (χ0) is 16.8. The van der Waals surface area contributed by atoms with Crippen molar-refractivity contribution in [1.82, 2.24) is 9.55 Å². The van der Waals surface area contributed by atoms with Gasteiger partial charge in [0.05, 0.1) is 10.9 Å². The van der Waals surface area contributed by atoms with Crippen LogP contribution in [0.15, 0.2) is 41.2 Å². The molecule has 0 atom stereocenters. The van der Waals surface area contributed by atoms with Crippen molar-refractivity contribution in [2.24, 2.45) is 0 Å². The lowest BCUT2D eigenvalue weighted by Gasteiger charge is -2.05. The molecule has 0 N–H and O–H groups in total. The van der Waals surface area contributed by atoms with Crippen molar-refractivity contribution < 1.29 is 13.2 Å². The molecule has 0 unspecified atom stereocenters. The van der Waals surface area contributed by atoms with Gasteiger partial charge in [0.25, 0.3) is 5.56 Å². The first-order chi connectivity index (χ1) is 11.5. The summed E-state index contributed by atoms with van der Waals surface area (Å²) < 4.78 is 41.2. The van der Waals surface area contributed by atoms with Crippen molar-refractivity contribution in [2.75, 3.05) is 0 Å². The smallest absolute Gasteiger partial charge is 0.261 e. The van der Waals surface area contributed by atoms with E-state index in [0.717, 1.165) is 17.7 Å². The summed E-state index contributed by atoms with van der Waals surface area (Å²) in [7, 11) is 0. The molecule has 1 aliphatic heterocycles. The third-order valence-electron chi connectivity index (χ3n) is 4.09. The third kappa shape index (κ3) is 2.31.